The molecule has 4 rings (SSSR count). The summed E-state index contributed by atoms with van der Waals surface area (Å²) in [4.78, 5) is 24.4. The molecule has 1 unspecified atom stereocenters. The summed E-state index contributed by atoms with van der Waals surface area (Å²) < 4.78 is 16.9. The first-order chi connectivity index (χ1) is 16.5. The number of aromatic amines is 1. The van der Waals surface area contributed by atoms with Crippen molar-refractivity contribution in [2.24, 2.45) is 0 Å². The fourth-order valence-corrected chi connectivity index (χ4v) is 4.27. The molecule has 2 aromatic heterocycles. The van der Waals surface area contributed by atoms with Gasteiger partial charge in [0, 0.05) is 17.5 Å². The van der Waals surface area contributed by atoms with Crippen LogP contribution in [-0.2, 0) is 21.8 Å². The minimum Gasteiger partial charge on any atom is -0.465 e. The van der Waals surface area contributed by atoms with Gasteiger partial charge in [-0.1, -0.05) is 42.1 Å². The molecule has 0 amide bonds. The van der Waals surface area contributed by atoms with E-state index in [0.29, 0.717) is 24.5 Å². The van der Waals surface area contributed by atoms with Gasteiger partial charge in [-0.25, -0.2) is 9.78 Å². The first kappa shape index (κ1) is 23.8. The molecule has 2 heterocycles. The Labute approximate surface area is 202 Å². The van der Waals surface area contributed by atoms with Crippen LogP contribution in [0.1, 0.15) is 41.0 Å². The molecule has 34 heavy (non-hydrogen) atoms. The Morgan fingerprint density at radius 3 is 2.76 bits per heavy atom. The van der Waals surface area contributed by atoms with E-state index in [2.05, 4.69) is 15.0 Å². The number of thioether (sulfide) groups is 1. The highest BCUT2D eigenvalue weighted by molar-refractivity contribution is 7.98. The molecule has 8 heteroatoms. The number of H-pyrrole nitrogens is 1. The molecular formula is C26H27N3O4S. The largest absolute Gasteiger partial charge is 0.465 e. The number of fused-ring (bicyclic) bond motifs is 1. The Balaban J connectivity index is 1.38. The van der Waals surface area contributed by atoms with E-state index < -0.39 is 6.29 Å². The Hall–Kier alpha value is -3.36. The lowest BCUT2D eigenvalue weighted by atomic mass is 10.2. The van der Waals surface area contributed by atoms with Crippen molar-refractivity contribution in [3.63, 3.8) is 0 Å². The van der Waals surface area contributed by atoms with Crippen molar-refractivity contribution < 1.29 is 19.0 Å². The van der Waals surface area contributed by atoms with Crippen LogP contribution in [0.5, 0.6) is 5.75 Å². The minimum atomic E-state index is -0.397. The van der Waals surface area contributed by atoms with Gasteiger partial charge >= 0.3 is 5.97 Å². The molecular weight excluding hydrogens is 450 g/mol. The zero-order valence-corrected chi connectivity index (χ0v) is 20.2. The van der Waals surface area contributed by atoms with Gasteiger partial charge in [-0.05, 0) is 50.6 Å². The van der Waals surface area contributed by atoms with Crippen LogP contribution in [0, 0.1) is 6.92 Å². The van der Waals surface area contributed by atoms with Crippen LogP contribution in [0.2, 0.25) is 0 Å². The maximum Gasteiger partial charge on any atom is 0.338 e. The van der Waals surface area contributed by atoms with Crippen LogP contribution in [0.4, 0.5) is 0 Å². The maximum atomic E-state index is 12.0. The van der Waals surface area contributed by atoms with E-state index >= 15 is 0 Å². The molecule has 0 aliphatic rings. The van der Waals surface area contributed by atoms with E-state index in [9.17, 15) is 4.79 Å². The molecule has 0 aliphatic heterocycles. The Morgan fingerprint density at radius 2 is 1.97 bits per heavy atom. The van der Waals surface area contributed by atoms with Crippen molar-refractivity contribution in [1.29, 1.82) is 0 Å². The fraction of sp³-hybridized carbons (Fsp3) is 0.269. The second kappa shape index (κ2) is 11.2. The molecule has 0 saturated heterocycles. The third kappa shape index (κ3) is 5.95. The number of nitrogens with zero attached hydrogens (tertiary/aromatic N) is 2. The van der Waals surface area contributed by atoms with Gasteiger partial charge in [0.15, 0.2) is 11.4 Å². The normalized spacial score (nSPS) is 12.0. The van der Waals surface area contributed by atoms with Gasteiger partial charge in [0.25, 0.3) is 0 Å². The standard InChI is InChI=1S/C26H27N3O4S/c1-4-31-25(30)20-10-11-21-22(14-20)29-26(28-21)34-16-23-17(2)24(12-13-27-23)33-18(3)32-15-19-8-6-5-7-9-19/h5-14,18H,4,15-16H2,1-3H3,(H,28,29). The van der Waals surface area contributed by atoms with E-state index in [1.807, 2.05) is 56.3 Å². The SMILES string of the molecule is CCOC(=O)c1ccc2nc(SCc3nccc(OC(C)OCc4ccccc4)c3C)[nH]c2c1. The first-order valence-corrected chi connectivity index (χ1v) is 12.1. The summed E-state index contributed by atoms with van der Waals surface area (Å²) in [6.07, 6.45) is 1.35. The lowest BCUT2D eigenvalue weighted by Gasteiger charge is -2.18. The first-order valence-electron chi connectivity index (χ1n) is 11.1. The van der Waals surface area contributed by atoms with Crippen LogP contribution in [0.3, 0.4) is 0 Å². The molecule has 7 nitrogen and oxygen atoms in total. The molecule has 0 fully saturated rings. The summed E-state index contributed by atoms with van der Waals surface area (Å²) in [6, 6.07) is 17.2. The monoisotopic (exact) mass is 477 g/mol. The van der Waals surface area contributed by atoms with Crippen molar-refractivity contribution in [2.75, 3.05) is 6.61 Å². The number of imidazole rings is 1. The molecule has 0 radical (unpaired) electrons. The predicted octanol–water partition coefficient (Wildman–Crippen LogP) is 5.68. The van der Waals surface area contributed by atoms with Gasteiger partial charge in [-0.2, -0.15) is 0 Å². The number of ether oxygens (including phenoxy) is 3. The number of hydrogen-bond acceptors (Lipinski definition) is 7. The Kier molecular flexibility index (Phi) is 7.82. The highest BCUT2D eigenvalue weighted by atomic mass is 32.2. The van der Waals surface area contributed by atoms with Gasteiger partial charge in [0.2, 0.25) is 0 Å². The summed E-state index contributed by atoms with van der Waals surface area (Å²) >= 11 is 1.54. The smallest absolute Gasteiger partial charge is 0.338 e. The van der Waals surface area contributed by atoms with E-state index in [1.54, 1.807) is 37.0 Å². The van der Waals surface area contributed by atoms with Crippen molar-refractivity contribution in [1.82, 2.24) is 15.0 Å². The van der Waals surface area contributed by atoms with E-state index in [0.717, 1.165) is 38.8 Å². The van der Waals surface area contributed by atoms with Crippen molar-refractivity contribution >= 4 is 28.8 Å². The third-order valence-electron chi connectivity index (χ3n) is 5.20. The molecule has 0 saturated carbocycles. The Morgan fingerprint density at radius 1 is 1.15 bits per heavy atom. The number of aromatic nitrogens is 3. The summed E-state index contributed by atoms with van der Waals surface area (Å²) in [7, 11) is 0. The Bertz CT molecular complexity index is 1260. The molecule has 0 aliphatic carbocycles. The van der Waals surface area contributed by atoms with Gasteiger partial charge in [0.05, 0.1) is 35.5 Å². The second-order valence-electron chi connectivity index (χ2n) is 7.65. The number of nitrogens with one attached hydrogen (secondary N) is 1. The molecule has 0 bridgehead atoms. The lowest BCUT2D eigenvalue weighted by Crippen LogP contribution is -2.17. The van der Waals surface area contributed by atoms with Crippen LogP contribution in [-0.4, -0.2) is 33.8 Å². The fourth-order valence-electron chi connectivity index (χ4n) is 3.37. The van der Waals surface area contributed by atoms with E-state index in [-0.39, 0.29) is 5.97 Å². The van der Waals surface area contributed by atoms with Crippen LogP contribution in [0.15, 0.2) is 66.0 Å². The van der Waals surface area contributed by atoms with Gasteiger partial charge in [-0.3, -0.25) is 4.98 Å². The molecule has 0 spiro atoms. The quantitative estimate of drug-likeness (QED) is 0.179. The molecule has 1 N–H and O–H groups in total. The highest BCUT2D eigenvalue weighted by Crippen LogP contribution is 2.28. The van der Waals surface area contributed by atoms with Crippen LogP contribution in [0.25, 0.3) is 11.0 Å². The summed E-state index contributed by atoms with van der Waals surface area (Å²) in [6.45, 7) is 6.49. The topological polar surface area (TPSA) is 86.3 Å². The number of pyridine rings is 1. The molecule has 2 aromatic carbocycles. The third-order valence-corrected chi connectivity index (χ3v) is 6.08. The number of carbonyl (C=O) groups is 1. The summed E-state index contributed by atoms with van der Waals surface area (Å²) in [5.41, 5.74) is 5.06. The zero-order valence-electron chi connectivity index (χ0n) is 19.4. The zero-order chi connectivity index (χ0) is 23.9. The lowest BCUT2D eigenvalue weighted by molar-refractivity contribution is -0.0762. The summed E-state index contributed by atoms with van der Waals surface area (Å²) in [5.74, 6) is 1.02. The number of esters is 1. The average molecular weight is 478 g/mol. The van der Waals surface area contributed by atoms with Crippen molar-refractivity contribution in [3.05, 3.63) is 83.2 Å². The van der Waals surface area contributed by atoms with Crippen LogP contribution < -0.4 is 4.74 Å². The second-order valence-corrected chi connectivity index (χ2v) is 8.61. The highest BCUT2D eigenvalue weighted by Gasteiger charge is 2.13. The predicted molar refractivity (Wildman–Crippen MR) is 132 cm³/mol. The average Bonchev–Trinajstić information content (AvgIpc) is 3.26. The van der Waals surface area contributed by atoms with Crippen molar-refractivity contribution in [3.8, 4) is 5.75 Å². The number of benzene rings is 2. The van der Waals surface area contributed by atoms with E-state index in [1.165, 1.54) is 0 Å². The van der Waals surface area contributed by atoms with E-state index in [4.69, 9.17) is 14.2 Å². The minimum absolute atomic E-state index is 0.341. The van der Waals surface area contributed by atoms with Gasteiger partial charge in [0.1, 0.15) is 5.75 Å². The molecule has 4 aromatic rings. The van der Waals surface area contributed by atoms with Crippen molar-refractivity contribution in [2.45, 2.75) is 44.6 Å². The summed E-state index contributed by atoms with van der Waals surface area (Å²) in [5, 5.41) is 0.753. The maximum absolute atomic E-state index is 12.0. The number of rotatable bonds is 10. The van der Waals surface area contributed by atoms with Gasteiger partial charge in [-0.15, -0.1) is 0 Å². The molecule has 176 valence electrons. The number of hydrogen-bond donors (Lipinski definition) is 1. The van der Waals surface area contributed by atoms with Gasteiger partial charge < -0.3 is 19.2 Å². The number of carbonyl (C=O) groups excluding carboxylic acids is 1. The van der Waals surface area contributed by atoms with Crippen LogP contribution >= 0.6 is 11.8 Å². The molecule has 1 atom stereocenters.